The first-order valence-electron chi connectivity index (χ1n) is 5.74. The fourth-order valence-corrected chi connectivity index (χ4v) is 1.49. The molecule has 0 saturated carbocycles. The van der Waals surface area contributed by atoms with Crippen LogP contribution in [0.2, 0.25) is 0 Å². The third-order valence-corrected chi connectivity index (χ3v) is 2.45. The van der Waals surface area contributed by atoms with Crippen LogP contribution in [0.25, 0.3) is 0 Å². The molecule has 0 aliphatic carbocycles. The van der Waals surface area contributed by atoms with Crippen LogP contribution >= 0.6 is 0 Å². The molecule has 1 rings (SSSR count). The maximum Gasteiger partial charge on any atom is 0.119 e. The molecule has 0 radical (unpaired) electrons. The number of ether oxygens (including phenoxy) is 1. The summed E-state index contributed by atoms with van der Waals surface area (Å²) < 4.78 is 5.10. The van der Waals surface area contributed by atoms with Gasteiger partial charge in [-0.15, -0.1) is 0 Å². The molecule has 0 amide bonds. The number of hydrogen-bond donors (Lipinski definition) is 1. The molecule has 0 aromatic heterocycles. The fourth-order valence-electron chi connectivity index (χ4n) is 1.49. The molecule has 0 spiro atoms. The van der Waals surface area contributed by atoms with E-state index in [0.29, 0.717) is 0 Å². The van der Waals surface area contributed by atoms with Crippen molar-refractivity contribution in [3.05, 3.63) is 24.3 Å². The Morgan fingerprint density at radius 3 is 2.40 bits per heavy atom. The van der Waals surface area contributed by atoms with Gasteiger partial charge in [-0.05, 0) is 30.7 Å². The van der Waals surface area contributed by atoms with Crippen LogP contribution in [0.1, 0.15) is 32.6 Å². The Balaban J connectivity index is 2.20. The minimum Gasteiger partial charge on any atom is -0.497 e. The van der Waals surface area contributed by atoms with Gasteiger partial charge in [-0.1, -0.05) is 26.2 Å². The highest BCUT2D eigenvalue weighted by Gasteiger charge is 1.93. The molecule has 15 heavy (non-hydrogen) atoms. The molecule has 84 valence electrons. The second kappa shape index (κ2) is 7.16. The van der Waals surface area contributed by atoms with Crippen molar-refractivity contribution in [2.45, 2.75) is 32.6 Å². The molecule has 2 heteroatoms. The number of hydrogen-bond acceptors (Lipinski definition) is 2. The van der Waals surface area contributed by atoms with Gasteiger partial charge in [0.05, 0.1) is 7.11 Å². The van der Waals surface area contributed by atoms with E-state index in [4.69, 9.17) is 4.74 Å². The summed E-state index contributed by atoms with van der Waals surface area (Å²) in [5, 5.41) is 3.40. The summed E-state index contributed by atoms with van der Waals surface area (Å²) in [5.41, 5.74) is 1.17. The second-order valence-electron chi connectivity index (χ2n) is 3.72. The monoisotopic (exact) mass is 207 g/mol. The maximum atomic E-state index is 5.10. The third-order valence-electron chi connectivity index (χ3n) is 2.45. The van der Waals surface area contributed by atoms with Crippen LogP contribution in [0.3, 0.4) is 0 Å². The number of rotatable bonds is 7. The zero-order valence-electron chi connectivity index (χ0n) is 9.75. The van der Waals surface area contributed by atoms with Gasteiger partial charge in [-0.3, -0.25) is 0 Å². The Labute approximate surface area is 92.6 Å². The highest BCUT2D eigenvalue weighted by Crippen LogP contribution is 2.14. The van der Waals surface area contributed by atoms with Gasteiger partial charge >= 0.3 is 0 Å². The van der Waals surface area contributed by atoms with E-state index in [1.807, 2.05) is 12.1 Å². The van der Waals surface area contributed by atoms with E-state index >= 15 is 0 Å². The van der Waals surface area contributed by atoms with Crippen molar-refractivity contribution in [1.82, 2.24) is 0 Å². The molecule has 1 N–H and O–H groups in total. The molecule has 0 fully saturated rings. The van der Waals surface area contributed by atoms with Crippen molar-refractivity contribution in [2.75, 3.05) is 19.0 Å². The van der Waals surface area contributed by atoms with Crippen LogP contribution in [0, 0.1) is 0 Å². The lowest BCUT2D eigenvalue weighted by atomic mass is 10.2. The van der Waals surface area contributed by atoms with Gasteiger partial charge in [0.25, 0.3) is 0 Å². The van der Waals surface area contributed by atoms with Crippen LogP contribution in [-0.4, -0.2) is 13.7 Å². The first kappa shape index (κ1) is 11.9. The minimum absolute atomic E-state index is 0.909. The first-order valence-corrected chi connectivity index (χ1v) is 5.74. The Kier molecular flexibility index (Phi) is 5.67. The van der Waals surface area contributed by atoms with E-state index in [1.54, 1.807) is 7.11 Å². The molecule has 0 heterocycles. The molecule has 1 aromatic carbocycles. The van der Waals surface area contributed by atoms with Crippen LogP contribution in [0.4, 0.5) is 5.69 Å². The Morgan fingerprint density at radius 2 is 1.80 bits per heavy atom. The number of benzene rings is 1. The summed E-state index contributed by atoms with van der Waals surface area (Å²) in [6.07, 6.45) is 5.20. The summed E-state index contributed by atoms with van der Waals surface area (Å²) >= 11 is 0. The molecule has 0 aliphatic rings. The van der Waals surface area contributed by atoms with Gasteiger partial charge in [0.1, 0.15) is 5.75 Å². The van der Waals surface area contributed by atoms with Crippen molar-refractivity contribution in [3.8, 4) is 5.75 Å². The normalized spacial score (nSPS) is 10.0. The first-order chi connectivity index (χ1) is 7.36. The van der Waals surface area contributed by atoms with E-state index in [-0.39, 0.29) is 0 Å². The number of methoxy groups -OCH3 is 1. The summed E-state index contributed by atoms with van der Waals surface area (Å²) in [6.45, 7) is 3.29. The molecule has 0 atom stereocenters. The summed E-state index contributed by atoms with van der Waals surface area (Å²) in [5.74, 6) is 0.909. The average molecular weight is 207 g/mol. The number of unbranched alkanes of at least 4 members (excludes halogenated alkanes) is 3. The molecular weight excluding hydrogens is 186 g/mol. The van der Waals surface area contributed by atoms with Crippen LogP contribution in [0.5, 0.6) is 5.75 Å². The molecule has 0 bridgehead atoms. The van der Waals surface area contributed by atoms with Gasteiger partial charge in [0, 0.05) is 12.2 Å². The smallest absolute Gasteiger partial charge is 0.119 e. The molecule has 0 saturated heterocycles. The third kappa shape index (κ3) is 4.73. The number of anilines is 1. The van der Waals surface area contributed by atoms with Crippen molar-refractivity contribution >= 4 is 5.69 Å². The predicted octanol–water partition coefficient (Wildman–Crippen LogP) is 3.69. The van der Waals surface area contributed by atoms with Crippen LogP contribution < -0.4 is 10.1 Å². The zero-order chi connectivity index (χ0) is 10.9. The lowest BCUT2D eigenvalue weighted by Gasteiger charge is -2.06. The van der Waals surface area contributed by atoms with Crippen molar-refractivity contribution < 1.29 is 4.74 Å². The van der Waals surface area contributed by atoms with Crippen LogP contribution in [-0.2, 0) is 0 Å². The maximum absolute atomic E-state index is 5.10. The van der Waals surface area contributed by atoms with Crippen molar-refractivity contribution in [1.29, 1.82) is 0 Å². The quantitative estimate of drug-likeness (QED) is 0.688. The highest BCUT2D eigenvalue weighted by atomic mass is 16.5. The minimum atomic E-state index is 0.909. The summed E-state index contributed by atoms with van der Waals surface area (Å²) in [4.78, 5) is 0. The second-order valence-corrected chi connectivity index (χ2v) is 3.72. The van der Waals surface area contributed by atoms with Crippen molar-refractivity contribution in [3.63, 3.8) is 0 Å². The van der Waals surface area contributed by atoms with E-state index in [9.17, 15) is 0 Å². The predicted molar refractivity (Wildman–Crippen MR) is 65.6 cm³/mol. The van der Waals surface area contributed by atoms with E-state index in [1.165, 1.54) is 31.4 Å². The Hall–Kier alpha value is -1.18. The van der Waals surface area contributed by atoms with Crippen LogP contribution in [0.15, 0.2) is 24.3 Å². The van der Waals surface area contributed by atoms with Gasteiger partial charge < -0.3 is 10.1 Å². The van der Waals surface area contributed by atoms with Gasteiger partial charge in [0.15, 0.2) is 0 Å². The lowest BCUT2D eigenvalue weighted by molar-refractivity contribution is 0.415. The molecule has 0 unspecified atom stereocenters. The SMILES string of the molecule is CCCCCCNc1ccc(OC)cc1. The van der Waals surface area contributed by atoms with Gasteiger partial charge in [0.2, 0.25) is 0 Å². The summed E-state index contributed by atoms with van der Waals surface area (Å²) in [6, 6.07) is 8.07. The molecule has 1 aromatic rings. The standard InChI is InChI=1S/C13H21NO/c1-3-4-5-6-11-14-12-7-9-13(15-2)10-8-12/h7-10,14H,3-6,11H2,1-2H3. The summed E-state index contributed by atoms with van der Waals surface area (Å²) in [7, 11) is 1.69. The van der Waals surface area contributed by atoms with Crippen molar-refractivity contribution in [2.24, 2.45) is 0 Å². The Bertz CT molecular complexity index is 256. The van der Waals surface area contributed by atoms with Gasteiger partial charge in [-0.2, -0.15) is 0 Å². The topological polar surface area (TPSA) is 21.3 Å². The lowest BCUT2D eigenvalue weighted by Crippen LogP contribution is -2.00. The van der Waals surface area contributed by atoms with E-state index in [2.05, 4.69) is 24.4 Å². The molecular formula is C13H21NO. The zero-order valence-corrected chi connectivity index (χ0v) is 9.75. The highest BCUT2D eigenvalue weighted by molar-refractivity contribution is 5.46. The number of nitrogens with one attached hydrogen (secondary N) is 1. The molecule has 2 nitrogen and oxygen atoms in total. The van der Waals surface area contributed by atoms with E-state index in [0.717, 1.165) is 12.3 Å². The fraction of sp³-hybridized carbons (Fsp3) is 0.538. The molecule has 0 aliphatic heterocycles. The Morgan fingerprint density at radius 1 is 1.07 bits per heavy atom. The van der Waals surface area contributed by atoms with Gasteiger partial charge in [-0.25, -0.2) is 0 Å². The van der Waals surface area contributed by atoms with E-state index < -0.39 is 0 Å². The largest absolute Gasteiger partial charge is 0.497 e. The average Bonchev–Trinajstić information content (AvgIpc) is 2.30.